The van der Waals surface area contributed by atoms with Crippen molar-refractivity contribution in [3.05, 3.63) is 35.9 Å². The van der Waals surface area contributed by atoms with Gasteiger partial charge in [0, 0.05) is 12.6 Å². The quantitative estimate of drug-likeness (QED) is 0.240. The maximum absolute atomic E-state index is 13.1. The van der Waals surface area contributed by atoms with E-state index in [1.165, 1.54) is 6.21 Å². The average Bonchev–Trinajstić information content (AvgIpc) is 2.73. The van der Waals surface area contributed by atoms with Crippen LogP contribution in [0, 0.1) is 5.92 Å². The molecule has 1 heterocycles. The van der Waals surface area contributed by atoms with Gasteiger partial charge in [-0.25, -0.2) is 9.59 Å². The molecule has 1 aliphatic heterocycles. The smallest absolute Gasteiger partial charge is 0.345 e. The first kappa shape index (κ1) is 25.7. The van der Waals surface area contributed by atoms with Gasteiger partial charge in [0.05, 0.1) is 19.8 Å². The fourth-order valence-corrected chi connectivity index (χ4v) is 5.29. The van der Waals surface area contributed by atoms with E-state index < -0.39 is 43.3 Å². The van der Waals surface area contributed by atoms with Crippen molar-refractivity contribution in [2.75, 3.05) is 19.8 Å². The Bertz CT molecular complexity index is 832. The van der Waals surface area contributed by atoms with E-state index >= 15 is 0 Å². The summed E-state index contributed by atoms with van der Waals surface area (Å²) in [5.74, 6) is -3.18. The van der Waals surface area contributed by atoms with Crippen molar-refractivity contribution < 1.29 is 33.0 Å². The summed E-state index contributed by atoms with van der Waals surface area (Å²) in [5, 5.41) is 0. The first-order valence-corrected chi connectivity index (χ1v) is 14.3. The normalized spacial score (nSPS) is 22.1. The molecule has 2 rings (SSSR count). The molecule has 0 aromatic heterocycles. The first-order valence-electron chi connectivity index (χ1n) is 10.9. The second-order valence-electron chi connectivity index (χ2n) is 8.46. The van der Waals surface area contributed by atoms with Crippen LogP contribution < -0.4 is 0 Å². The number of rotatable bonds is 9. The average molecular weight is 464 g/mol. The number of ether oxygens (including phenoxy) is 3. The number of benzene rings is 1. The zero-order valence-electron chi connectivity index (χ0n) is 19.7. The van der Waals surface area contributed by atoms with Crippen LogP contribution in [0.25, 0.3) is 0 Å². The van der Waals surface area contributed by atoms with Crippen LogP contribution in [0.2, 0.25) is 19.6 Å². The highest BCUT2D eigenvalue weighted by Gasteiger charge is 2.62. The molecule has 0 fully saturated rings. The number of carbonyl (C=O) groups excluding carboxylic acids is 3. The van der Waals surface area contributed by atoms with Crippen LogP contribution in [0.15, 0.2) is 35.3 Å². The maximum atomic E-state index is 13.1. The maximum Gasteiger partial charge on any atom is 0.345 e. The molecule has 0 N–H and O–H groups in total. The SMILES string of the molecule is CCOC(=O)[C@H]1C=NC(C(=O)OCC)(C(=O)OCC)C[C@]1(O[Si](C)(C)C)c1ccccc1. The van der Waals surface area contributed by atoms with E-state index in [-0.39, 0.29) is 26.2 Å². The molecule has 0 saturated carbocycles. The topological polar surface area (TPSA) is 100 Å². The summed E-state index contributed by atoms with van der Waals surface area (Å²) in [6.45, 7) is 11.2. The number of aliphatic imine (C=N–C) groups is 1. The molecule has 2 atom stereocenters. The summed E-state index contributed by atoms with van der Waals surface area (Å²) in [6.07, 6.45) is 1.05. The molecule has 1 aromatic carbocycles. The summed E-state index contributed by atoms with van der Waals surface area (Å²) in [5.41, 5.74) is -2.73. The van der Waals surface area contributed by atoms with E-state index in [4.69, 9.17) is 18.6 Å². The molecule has 1 aliphatic rings. The number of hydrogen-bond acceptors (Lipinski definition) is 8. The van der Waals surface area contributed by atoms with E-state index in [1.54, 1.807) is 20.8 Å². The summed E-state index contributed by atoms with van der Waals surface area (Å²) in [6, 6.07) is 9.09. The minimum absolute atomic E-state index is 0.0596. The van der Waals surface area contributed by atoms with Gasteiger partial charge in [-0.3, -0.25) is 9.79 Å². The molecule has 0 amide bonds. The van der Waals surface area contributed by atoms with Gasteiger partial charge in [-0.1, -0.05) is 30.3 Å². The molecular formula is C23H33NO7Si. The number of hydrogen-bond donors (Lipinski definition) is 0. The van der Waals surface area contributed by atoms with Gasteiger partial charge < -0.3 is 18.6 Å². The Morgan fingerprint density at radius 3 is 1.94 bits per heavy atom. The highest BCUT2D eigenvalue weighted by Crippen LogP contribution is 2.47. The monoisotopic (exact) mass is 463 g/mol. The van der Waals surface area contributed by atoms with Crippen molar-refractivity contribution in [2.24, 2.45) is 10.9 Å². The third-order valence-electron chi connectivity index (χ3n) is 4.98. The Labute approximate surface area is 190 Å². The largest absolute Gasteiger partial charge is 0.465 e. The van der Waals surface area contributed by atoms with Gasteiger partial charge in [0.1, 0.15) is 11.5 Å². The van der Waals surface area contributed by atoms with E-state index in [9.17, 15) is 14.4 Å². The second kappa shape index (κ2) is 10.4. The molecule has 1 aromatic rings. The van der Waals surface area contributed by atoms with Gasteiger partial charge in [0.25, 0.3) is 5.54 Å². The second-order valence-corrected chi connectivity index (χ2v) is 12.9. The standard InChI is InChI=1S/C23H33NO7Si/c1-7-28-19(25)18-15-24-22(20(26)29-8-2,21(27)30-9-3)16-23(18,31-32(4,5)6)17-13-11-10-12-14-17/h10-15,18H,7-9,16H2,1-6H3/t18-,23+/m1/s1. The summed E-state index contributed by atoms with van der Waals surface area (Å²) in [4.78, 5) is 43.6. The van der Waals surface area contributed by atoms with E-state index in [2.05, 4.69) is 4.99 Å². The van der Waals surface area contributed by atoms with Crippen LogP contribution in [0.4, 0.5) is 0 Å². The zero-order chi connectivity index (χ0) is 24.0. The minimum atomic E-state index is -2.35. The van der Waals surface area contributed by atoms with Crippen LogP contribution in [-0.2, 0) is 38.6 Å². The lowest BCUT2D eigenvalue weighted by atomic mass is 9.70. The Kier molecular flexibility index (Phi) is 8.36. The molecular weight excluding hydrogens is 430 g/mol. The van der Waals surface area contributed by atoms with Gasteiger partial charge in [-0.05, 0) is 46.0 Å². The zero-order valence-corrected chi connectivity index (χ0v) is 20.7. The van der Waals surface area contributed by atoms with Crippen LogP contribution in [-0.4, -0.2) is 57.8 Å². The molecule has 0 saturated heterocycles. The Hall–Kier alpha value is -2.52. The Balaban J connectivity index is 2.82. The van der Waals surface area contributed by atoms with Crippen molar-refractivity contribution in [1.82, 2.24) is 0 Å². The molecule has 0 bridgehead atoms. The van der Waals surface area contributed by atoms with Crippen LogP contribution in [0.3, 0.4) is 0 Å². The first-order chi connectivity index (χ1) is 15.1. The van der Waals surface area contributed by atoms with Gasteiger partial charge in [0.15, 0.2) is 8.32 Å². The molecule has 0 aliphatic carbocycles. The summed E-state index contributed by atoms with van der Waals surface area (Å²) < 4.78 is 22.5. The molecule has 32 heavy (non-hydrogen) atoms. The van der Waals surface area contributed by atoms with Crippen LogP contribution in [0.1, 0.15) is 32.8 Å². The fraction of sp³-hybridized carbons (Fsp3) is 0.565. The lowest BCUT2D eigenvalue weighted by Crippen LogP contribution is -2.61. The number of carbonyl (C=O) groups is 3. The molecule has 0 spiro atoms. The Morgan fingerprint density at radius 1 is 0.938 bits per heavy atom. The molecule has 9 heteroatoms. The van der Waals surface area contributed by atoms with Gasteiger partial charge in [-0.2, -0.15) is 0 Å². The predicted molar refractivity (Wildman–Crippen MR) is 122 cm³/mol. The van der Waals surface area contributed by atoms with E-state index in [1.807, 2.05) is 50.0 Å². The lowest BCUT2D eigenvalue weighted by Gasteiger charge is -2.48. The van der Waals surface area contributed by atoms with E-state index in [0.29, 0.717) is 5.56 Å². The lowest BCUT2D eigenvalue weighted by molar-refractivity contribution is -0.173. The van der Waals surface area contributed by atoms with Crippen molar-refractivity contribution in [2.45, 2.75) is 58.0 Å². The third kappa shape index (κ3) is 5.27. The van der Waals surface area contributed by atoms with Gasteiger partial charge in [0.2, 0.25) is 0 Å². The predicted octanol–water partition coefficient (Wildman–Crippen LogP) is 3.25. The number of nitrogens with zero attached hydrogens (tertiary/aromatic N) is 1. The fourth-order valence-electron chi connectivity index (χ4n) is 3.88. The highest BCUT2D eigenvalue weighted by atomic mass is 28.4. The van der Waals surface area contributed by atoms with Crippen molar-refractivity contribution in [3.63, 3.8) is 0 Å². The van der Waals surface area contributed by atoms with Gasteiger partial charge in [-0.15, -0.1) is 0 Å². The number of esters is 3. The highest BCUT2D eigenvalue weighted by molar-refractivity contribution is 6.69. The molecule has 0 unspecified atom stereocenters. The van der Waals surface area contributed by atoms with E-state index in [0.717, 1.165) is 0 Å². The van der Waals surface area contributed by atoms with Crippen LogP contribution in [0.5, 0.6) is 0 Å². The minimum Gasteiger partial charge on any atom is -0.465 e. The molecule has 176 valence electrons. The van der Waals surface area contributed by atoms with Gasteiger partial charge >= 0.3 is 17.9 Å². The molecule has 0 radical (unpaired) electrons. The van der Waals surface area contributed by atoms with Crippen LogP contribution >= 0.6 is 0 Å². The van der Waals surface area contributed by atoms with Crippen molar-refractivity contribution >= 4 is 32.4 Å². The summed E-state index contributed by atoms with van der Waals surface area (Å²) in [7, 11) is -2.35. The third-order valence-corrected chi connectivity index (χ3v) is 5.96. The molecule has 8 nitrogen and oxygen atoms in total. The summed E-state index contributed by atoms with van der Waals surface area (Å²) >= 11 is 0. The van der Waals surface area contributed by atoms with Crippen molar-refractivity contribution in [1.29, 1.82) is 0 Å². The van der Waals surface area contributed by atoms with Crippen molar-refractivity contribution in [3.8, 4) is 0 Å². The Morgan fingerprint density at radius 2 is 1.47 bits per heavy atom.